The third kappa shape index (κ3) is 6.68. The second kappa shape index (κ2) is 13.9. The molecule has 6 aliphatic rings. The van der Waals surface area contributed by atoms with Crippen LogP contribution in [0.3, 0.4) is 0 Å². The van der Waals surface area contributed by atoms with Crippen molar-refractivity contribution in [3.8, 4) is 5.75 Å². The molecule has 1 saturated carbocycles. The molecule has 2 aliphatic carbocycles. The lowest BCUT2D eigenvalue weighted by Gasteiger charge is -2.40. The predicted molar refractivity (Wildman–Crippen MR) is 202 cm³/mol. The van der Waals surface area contributed by atoms with Crippen molar-refractivity contribution >= 4 is 29.1 Å². The molecule has 2 N–H and O–H groups in total. The lowest BCUT2D eigenvalue weighted by molar-refractivity contribution is -0.136. The highest BCUT2D eigenvalue weighted by atomic mass is 16.3. The number of amides is 3. The number of rotatable bonds is 8. The number of nitrogens with one attached hydrogen (secondary N) is 1. The normalized spacial score (nSPS) is 25.7. The Morgan fingerprint density at radius 2 is 1.44 bits per heavy atom. The Bertz CT molecular complexity index is 1840. The van der Waals surface area contributed by atoms with E-state index in [2.05, 4.69) is 62.5 Å². The van der Waals surface area contributed by atoms with Gasteiger partial charge in [0.25, 0.3) is 5.91 Å². The molecule has 3 atom stereocenters. The summed E-state index contributed by atoms with van der Waals surface area (Å²) in [5, 5.41) is 12.5. The first-order chi connectivity index (χ1) is 25.4. The molecule has 0 aromatic heterocycles. The average Bonchev–Trinajstić information content (AvgIpc) is 3.92. The molecule has 3 amide bonds. The van der Waals surface area contributed by atoms with Gasteiger partial charge in [0, 0.05) is 81.6 Å². The van der Waals surface area contributed by atoms with Crippen LogP contribution in [0.25, 0.3) is 0 Å². The van der Waals surface area contributed by atoms with E-state index in [9.17, 15) is 19.5 Å². The average molecular weight is 702 g/mol. The van der Waals surface area contributed by atoms with Gasteiger partial charge in [-0.2, -0.15) is 0 Å². The molecular weight excluding hydrogens is 651 g/mol. The van der Waals surface area contributed by atoms with Crippen LogP contribution < -0.4 is 15.1 Å². The summed E-state index contributed by atoms with van der Waals surface area (Å²) in [6.45, 7) is 7.76. The summed E-state index contributed by atoms with van der Waals surface area (Å²) in [5.74, 6) is 2.37. The van der Waals surface area contributed by atoms with Gasteiger partial charge in [0.15, 0.2) is 0 Å². The summed E-state index contributed by atoms with van der Waals surface area (Å²) in [6, 6.07) is 21.1. The number of piperidine rings is 2. The number of carbonyl (C=O) groups is 3. The number of anilines is 2. The molecule has 0 bridgehead atoms. The molecule has 3 saturated heterocycles. The second-order valence-electron chi connectivity index (χ2n) is 16.4. The van der Waals surface area contributed by atoms with Crippen molar-refractivity contribution in [3.05, 3.63) is 88.5 Å². The summed E-state index contributed by atoms with van der Waals surface area (Å²) in [6.07, 6.45) is 9.50. The molecule has 52 heavy (non-hydrogen) atoms. The van der Waals surface area contributed by atoms with Crippen LogP contribution in [0.4, 0.5) is 11.4 Å². The fraction of sp³-hybridized carbons (Fsp3) is 0.512. The van der Waals surface area contributed by atoms with Crippen LogP contribution in [-0.4, -0.2) is 84.5 Å². The molecule has 0 spiro atoms. The molecule has 272 valence electrons. The highest BCUT2D eigenvalue weighted by Crippen LogP contribution is 2.48. The smallest absolute Gasteiger partial charge is 0.255 e. The van der Waals surface area contributed by atoms with Crippen LogP contribution >= 0.6 is 0 Å². The Balaban J connectivity index is 0.765. The van der Waals surface area contributed by atoms with Crippen LogP contribution in [0.15, 0.2) is 60.7 Å². The van der Waals surface area contributed by atoms with Gasteiger partial charge in [-0.1, -0.05) is 31.0 Å². The molecule has 4 fully saturated rings. The number of phenols is 1. The van der Waals surface area contributed by atoms with Crippen molar-refractivity contribution in [2.45, 2.75) is 76.3 Å². The minimum absolute atomic E-state index is 0.116. The number of aryl methyl sites for hydroxylation is 1. The van der Waals surface area contributed by atoms with Gasteiger partial charge >= 0.3 is 0 Å². The van der Waals surface area contributed by atoms with Crippen molar-refractivity contribution in [2.75, 3.05) is 55.6 Å². The van der Waals surface area contributed by atoms with Gasteiger partial charge in [-0.15, -0.1) is 0 Å². The standard InChI is InChI=1S/C43H51N5O4/c49-36-10-12-37-31(25-36)3-4-32(23-28-1-2-28)41(37)30-5-7-34(8-6-30)46-17-15-29(16-18-46)26-45-19-21-47(22-20-45)35-9-11-38-33(24-35)27-48(43(38)52)39-13-14-40(50)44-42(39)51/h5-12,24-25,28-29,32,39,41,49H,1-4,13-23,26-27H2,(H,44,50,51)/t32-,39?,41+/m0/s1. The van der Waals surface area contributed by atoms with Gasteiger partial charge in [-0.05, 0) is 121 Å². The summed E-state index contributed by atoms with van der Waals surface area (Å²) in [5.41, 5.74) is 8.29. The van der Waals surface area contributed by atoms with Gasteiger partial charge in [0.2, 0.25) is 11.8 Å². The summed E-state index contributed by atoms with van der Waals surface area (Å²) >= 11 is 0. The fourth-order valence-electron chi connectivity index (χ4n) is 9.94. The highest BCUT2D eigenvalue weighted by Gasteiger charge is 2.40. The summed E-state index contributed by atoms with van der Waals surface area (Å²) < 4.78 is 0. The number of carbonyl (C=O) groups excluding carboxylic acids is 3. The van der Waals surface area contributed by atoms with E-state index in [1.807, 2.05) is 18.2 Å². The minimum Gasteiger partial charge on any atom is -0.508 e. The first-order valence-electron chi connectivity index (χ1n) is 19.8. The number of aromatic hydroxyl groups is 1. The van der Waals surface area contributed by atoms with Gasteiger partial charge in [0.1, 0.15) is 11.8 Å². The number of fused-ring (bicyclic) bond motifs is 2. The van der Waals surface area contributed by atoms with Gasteiger partial charge in [-0.25, -0.2) is 0 Å². The molecule has 4 aliphatic heterocycles. The quantitative estimate of drug-likeness (QED) is 0.292. The Kier molecular flexibility index (Phi) is 8.93. The maximum absolute atomic E-state index is 13.1. The van der Waals surface area contributed by atoms with E-state index in [-0.39, 0.29) is 24.1 Å². The number of nitrogens with zero attached hydrogens (tertiary/aromatic N) is 4. The summed E-state index contributed by atoms with van der Waals surface area (Å²) in [4.78, 5) is 46.5. The predicted octanol–water partition coefficient (Wildman–Crippen LogP) is 5.69. The maximum Gasteiger partial charge on any atom is 0.255 e. The largest absolute Gasteiger partial charge is 0.508 e. The first-order valence-corrected chi connectivity index (χ1v) is 19.8. The molecule has 9 heteroatoms. The number of hydrogen-bond acceptors (Lipinski definition) is 7. The molecule has 1 unspecified atom stereocenters. The number of hydrogen-bond donors (Lipinski definition) is 2. The van der Waals surface area contributed by atoms with E-state index < -0.39 is 6.04 Å². The van der Waals surface area contributed by atoms with E-state index in [4.69, 9.17) is 0 Å². The monoisotopic (exact) mass is 701 g/mol. The van der Waals surface area contributed by atoms with E-state index in [0.29, 0.717) is 42.0 Å². The molecule has 9 rings (SSSR count). The van der Waals surface area contributed by atoms with Crippen LogP contribution in [0.5, 0.6) is 5.75 Å². The van der Waals surface area contributed by atoms with Gasteiger partial charge in [-0.3, -0.25) is 24.6 Å². The first kappa shape index (κ1) is 33.5. The van der Waals surface area contributed by atoms with Crippen LogP contribution in [-0.2, 0) is 22.6 Å². The summed E-state index contributed by atoms with van der Waals surface area (Å²) in [7, 11) is 0. The Morgan fingerprint density at radius 3 is 2.19 bits per heavy atom. The lowest BCUT2D eigenvalue weighted by Crippen LogP contribution is -2.52. The highest BCUT2D eigenvalue weighted by molar-refractivity contribution is 6.05. The Morgan fingerprint density at radius 1 is 0.692 bits per heavy atom. The molecule has 0 radical (unpaired) electrons. The maximum atomic E-state index is 13.1. The zero-order valence-corrected chi connectivity index (χ0v) is 30.1. The molecule has 9 nitrogen and oxygen atoms in total. The SMILES string of the molecule is O=C1CCC(N2Cc3cc(N4CCN(CC5CCN(c6ccc([C@H]7c8ccc(O)cc8CC[C@H]7CC7CC7)cc6)CC5)CC4)ccc3C2=O)C(=O)N1. The van der Waals surface area contributed by atoms with Crippen LogP contribution in [0, 0.1) is 17.8 Å². The van der Waals surface area contributed by atoms with E-state index >= 15 is 0 Å². The lowest BCUT2D eigenvalue weighted by atomic mass is 9.70. The number of benzene rings is 3. The Hall–Kier alpha value is -4.37. The number of piperazine rings is 1. The van der Waals surface area contributed by atoms with E-state index in [1.165, 1.54) is 60.9 Å². The van der Waals surface area contributed by atoms with Crippen molar-refractivity contribution < 1.29 is 19.5 Å². The van der Waals surface area contributed by atoms with Crippen molar-refractivity contribution in [2.24, 2.45) is 17.8 Å². The zero-order chi connectivity index (χ0) is 35.3. The molecule has 3 aromatic carbocycles. The number of phenolic OH excluding ortho intramolecular Hbond substituents is 1. The van der Waals surface area contributed by atoms with Crippen molar-refractivity contribution in [1.29, 1.82) is 0 Å². The molecule has 4 heterocycles. The zero-order valence-electron chi connectivity index (χ0n) is 30.1. The third-order valence-electron chi connectivity index (χ3n) is 13.0. The second-order valence-corrected chi connectivity index (χ2v) is 16.4. The third-order valence-corrected chi connectivity index (χ3v) is 13.0. The van der Waals surface area contributed by atoms with Crippen molar-refractivity contribution in [3.63, 3.8) is 0 Å². The van der Waals surface area contributed by atoms with Crippen LogP contribution in [0.1, 0.15) is 89.9 Å². The van der Waals surface area contributed by atoms with Gasteiger partial charge < -0.3 is 19.8 Å². The van der Waals surface area contributed by atoms with Crippen molar-refractivity contribution in [1.82, 2.24) is 15.1 Å². The van der Waals surface area contributed by atoms with E-state index in [0.717, 1.165) is 69.4 Å². The van der Waals surface area contributed by atoms with E-state index in [1.54, 1.807) is 4.90 Å². The topological polar surface area (TPSA) is 96.4 Å². The van der Waals surface area contributed by atoms with Gasteiger partial charge in [0.05, 0.1) is 0 Å². The fourth-order valence-corrected chi connectivity index (χ4v) is 9.94. The molecule has 3 aromatic rings. The Labute approximate surface area is 307 Å². The number of imide groups is 1. The van der Waals surface area contributed by atoms with Crippen LogP contribution in [0.2, 0.25) is 0 Å². The molecular formula is C43H51N5O4. The minimum atomic E-state index is -0.580.